The summed E-state index contributed by atoms with van der Waals surface area (Å²) < 4.78 is 0. The predicted octanol–water partition coefficient (Wildman–Crippen LogP) is 4.45. The molecular formula is C16H28. The number of fused-ring (bicyclic) bond motifs is 1. The van der Waals surface area contributed by atoms with Crippen molar-refractivity contribution in [2.24, 2.45) is 53.3 Å². The second kappa shape index (κ2) is 3.50. The van der Waals surface area contributed by atoms with Gasteiger partial charge in [0.1, 0.15) is 0 Å². The van der Waals surface area contributed by atoms with E-state index in [2.05, 4.69) is 34.6 Å². The van der Waals surface area contributed by atoms with Crippen LogP contribution in [0.15, 0.2) is 0 Å². The van der Waals surface area contributed by atoms with Gasteiger partial charge in [0.25, 0.3) is 0 Å². The minimum atomic E-state index is 0.977. The summed E-state index contributed by atoms with van der Waals surface area (Å²) in [6.45, 7) is 12.5. The predicted molar refractivity (Wildman–Crippen MR) is 69.0 cm³/mol. The highest BCUT2D eigenvalue weighted by Gasteiger charge is 2.62. The van der Waals surface area contributed by atoms with E-state index in [4.69, 9.17) is 0 Å². The maximum atomic E-state index is 2.55. The molecule has 0 aromatic heterocycles. The van der Waals surface area contributed by atoms with Crippen LogP contribution in [0.5, 0.6) is 0 Å². The quantitative estimate of drug-likeness (QED) is 0.659. The largest absolute Gasteiger partial charge is 0.0622 e. The van der Waals surface area contributed by atoms with Crippen molar-refractivity contribution in [2.75, 3.05) is 0 Å². The Morgan fingerprint density at radius 3 is 1.81 bits per heavy atom. The standard InChI is InChI=1S/C16H28/c1-8-6-13(9(8)2)10(3)11(4)14-7-15-12(5)16(14)15/h8-16H,6-7H2,1-5H3/t8-,9?,10-,11+,12+,13+,14+,15?,16-/m1/s1. The first kappa shape index (κ1) is 11.1. The molecule has 0 heterocycles. The summed E-state index contributed by atoms with van der Waals surface area (Å²) in [5.41, 5.74) is 0. The fraction of sp³-hybridized carbons (Fsp3) is 1.00. The van der Waals surface area contributed by atoms with Crippen LogP contribution >= 0.6 is 0 Å². The second-order valence-electron chi connectivity index (χ2n) is 7.45. The smallest absolute Gasteiger partial charge is 0.0323 e. The van der Waals surface area contributed by atoms with Gasteiger partial charge in [0.15, 0.2) is 0 Å². The van der Waals surface area contributed by atoms with Crippen LogP contribution in [0.4, 0.5) is 0 Å². The van der Waals surface area contributed by atoms with Gasteiger partial charge in [-0.3, -0.25) is 0 Å². The molecule has 2 unspecified atom stereocenters. The first-order valence-electron chi connectivity index (χ1n) is 7.52. The molecule has 9 atom stereocenters. The summed E-state index contributed by atoms with van der Waals surface area (Å²) >= 11 is 0. The summed E-state index contributed by atoms with van der Waals surface area (Å²) in [4.78, 5) is 0. The molecule has 3 saturated carbocycles. The van der Waals surface area contributed by atoms with E-state index in [9.17, 15) is 0 Å². The summed E-state index contributed by atoms with van der Waals surface area (Å²) in [6, 6.07) is 0. The molecule has 0 heteroatoms. The molecular weight excluding hydrogens is 192 g/mol. The molecule has 0 aliphatic heterocycles. The molecule has 0 N–H and O–H groups in total. The fourth-order valence-corrected chi connectivity index (χ4v) is 5.06. The molecule has 92 valence electrons. The van der Waals surface area contributed by atoms with Gasteiger partial charge in [-0.05, 0) is 66.1 Å². The van der Waals surface area contributed by atoms with E-state index in [0.717, 1.165) is 53.3 Å². The number of rotatable bonds is 3. The van der Waals surface area contributed by atoms with Crippen LogP contribution in [0.25, 0.3) is 0 Å². The summed E-state index contributed by atoms with van der Waals surface area (Å²) in [5.74, 6) is 9.46. The van der Waals surface area contributed by atoms with E-state index in [0.29, 0.717) is 0 Å². The van der Waals surface area contributed by atoms with E-state index in [1.165, 1.54) is 6.42 Å². The van der Waals surface area contributed by atoms with Crippen LogP contribution < -0.4 is 0 Å². The maximum Gasteiger partial charge on any atom is -0.0323 e. The van der Waals surface area contributed by atoms with Crippen LogP contribution in [0.3, 0.4) is 0 Å². The van der Waals surface area contributed by atoms with Crippen LogP contribution in [0, 0.1) is 53.3 Å². The highest BCUT2D eigenvalue weighted by atomic mass is 14.7. The van der Waals surface area contributed by atoms with Crippen LogP contribution in [0.1, 0.15) is 47.5 Å². The molecule has 3 rings (SSSR count). The molecule has 3 aliphatic rings. The average Bonchev–Trinajstić information content (AvgIpc) is 2.73. The zero-order chi connectivity index (χ0) is 11.6. The van der Waals surface area contributed by atoms with Gasteiger partial charge in [0.05, 0.1) is 0 Å². The van der Waals surface area contributed by atoms with Gasteiger partial charge in [-0.1, -0.05) is 34.6 Å². The number of hydrogen-bond acceptors (Lipinski definition) is 0. The van der Waals surface area contributed by atoms with Crippen LogP contribution in [-0.2, 0) is 0 Å². The summed E-state index contributed by atoms with van der Waals surface area (Å²) in [7, 11) is 0. The Morgan fingerprint density at radius 2 is 1.44 bits per heavy atom. The first-order valence-corrected chi connectivity index (χ1v) is 7.52. The van der Waals surface area contributed by atoms with E-state index in [1.54, 1.807) is 6.42 Å². The van der Waals surface area contributed by atoms with Gasteiger partial charge in [-0.25, -0.2) is 0 Å². The van der Waals surface area contributed by atoms with Crippen molar-refractivity contribution in [3.63, 3.8) is 0 Å². The Labute approximate surface area is 101 Å². The van der Waals surface area contributed by atoms with Crippen molar-refractivity contribution in [3.8, 4) is 0 Å². The lowest BCUT2D eigenvalue weighted by Gasteiger charge is -2.48. The van der Waals surface area contributed by atoms with Crippen molar-refractivity contribution in [1.29, 1.82) is 0 Å². The molecule has 0 amide bonds. The van der Waals surface area contributed by atoms with E-state index < -0.39 is 0 Å². The Hall–Kier alpha value is 0. The topological polar surface area (TPSA) is 0 Å². The van der Waals surface area contributed by atoms with Gasteiger partial charge in [0.2, 0.25) is 0 Å². The minimum Gasteiger partial charge on any atom is -0.0622 e. The molecule has 0 saturated heterocycles. The lowest BCUT2D eigenvalue weighted by atomic mass is 9.57. The maximum absolute atomic E-state index is 2.55. The average molecular weight is 220 g/mol. The van der Waals surface area contributed by atoms with Gasteiger partial charge in [-0.2, -0.15) is 0 Å². The molecule has 0 spiro atoms. The van der Waals surface area contributed by atoms with Crippen molar-refractivity contribution in [2.45, 2.75) is 47.5 Å². The number of hydrogen-bond donors (Lipinski definition) is 0. The first-order chi connectivity index (χ1) is 7.52. The zero-order valence-electron chi connectivity index (χ0n) is 11.6. The van der Waals surface area contributed by atoms with E-state index in [1.807, 2.05) is 0 Å². The Bertz CT molecular complexity index is 257. The lowest BCUT2D eigenvalue weighted by molar-refractivity contribution is 0.00449. The van der Waals surface area contributed by atoms with Gasteiger partial charge in [-0.15, -0.1) is 0 Å². The summed E-state index contributed by atoms with van der Waals surface area (Å²) in [6.07, 6.45) is 3.07. The Kier molecular flexibility index (Phi) is 2.43. The van der Waals surface area contributed by atoms with E-state index >= 15 is 0 Å². The van der Waals surface area contributed by atoms with Gasteiger partial charge >= 0.3 is 0 Å². The SMILES string of the molecule is CC1[C@H](C)C[C@@H]1[C@H](C)[C@H](C)[C@@H]1CC2[C@@H]1[C@H]2C. The highest BCUT2D eigenvalue weighted by Crippen LogP contribution is 2.67. The molecule has 0 aromatic rings. The monoisotopic (exact) mass is 220 g/mol. The normalized spacial score (nSPS) is 57.9. The molecule has 3 aliphatic carbocycles. The van der Waals surface area contributed by atoms with Gasteiger partial charge < -0.3 is 0 Å². The molecule has 0 radical (unpaired) electrons. The van der Waals surface area contributed by atoms with Crippen molar-refractivity contribution >= 4 is 0 Å². The van der Waals surface area contributed by atoms with Crippen molar-refractivity contribution < 1.29 is 0 Å². The second-order valence-corrected chi connectivity index (χ2v) is 7.45. The molecule has 3 fully saturated rings. The zero-order valence-corrected chi connectivity index (χ0v) is 11.6. The lowest BCUT2D eigenvalue weighted by Crippen LogP contribution is -2.41. The molecule has 0 nitrogen and oxygen atoms in total. The van der Waals surface area contributed by atoms with Gasteiger partial charge in [0, 0.05) is 0 Å². The fourth-order valence-electron chi connectivity index (χ4n) is 5.06. The third kappa shape index (κ3) is 1.34. The Morgan fingerprint density at radius 1 is 0.812 bits per heavy atom. The third-order valence-corrected chi connectivity index (χ3v) is 7.07. The molecule has 0 aromatic carbocycles. The summed E-state index contributed by atoms with van der Waals surface area (Å²) in [5, 5.41) is 0. The third-order valence-electron chi connectivity index (χ3n) is 7.07. The van der Waals surface area contributed by atoms with Crippen molar-refractivity contribution in [1.82, 2.24) is 0 Å². The van der Waals surface area contributed by atoms with E-state index in [-0.39, 0.29) is 0 Å². The Balaban J connectivity index is 1.57. The van der Waals surface area contributed by atoms with Crippen LogP contribution in [-0.4, -0.2) is 0 Å². The highest BCUT2D eigenvalue weighted by molar-refractivity contribution is 5.10. The minimum absolute atomic E-state index is 0.977. The molecule has 0 bridgehead atoms. The van der Waals surface area contributed by atoms with Crippen molar-refractivity contribution in [3.05, 3.63) is 0 Å². The van der Waals surface area contributed by atoms with Crippen LogP contribution in [0.2, 0.25) is 0 Å². The molecule has 16 heavy (non-hydrogen) atoms.